The lowest BCUT2D eigenvalue weighted by atomic mass is 9.59. The summed E-state index contributed by atoms with van der Waals surface area (Å²) < 4.78 is 19.3. The number of ether oxygens (including phenoxy) is 1. The molecule has 1 N–H and O–H groups in total. The van der Waals surface area contributed by atoms with Crippen LogP contribution in [0, 0.1) is 41.3 Å². The van der Waals surface area contributed by atoms with E-state index in [1.54, 1.807) is 19.2 Å². The molecule has 1 aromatic carbocycles. The fourth-order valence-corrected chi connectivity index (χ4v) is 7.06. The molecule has 5 nitrogen and oxygen atoms in total. The topological polar surface area (TPSA) is 59.9 Å². The van der Waals surface area contributed by atoms with Gasteiger partial charge in [-0.25, -0.2) is 4.39 Å². The Morgan fingerprint density at radius 1 is 1.24 bits per heavy atom. The summed E-state index contributed by atoms with van der Waals surface area (Å²) in [6.45, 7) is 2.78. The van der Waals surface area contributed by atoms with Crippen LogP contribution in [-0.2, 0) is 14.4 Å². The van der Waals surface area contributed by atoms with Crippen LogP contribution in [0.25, 0.3) is 5.57 Å². The van der Waals surface area contributed by atoms with Crippen molar-refractivity contribution in [1.82, 2.24) is 5.32 Å². The Hall–Kier alpha value is -2.63. The van der Waals surface area contributed by atoms with E-state index in [-0.39, 0.29) is 23.8 Å². The van der Waals surface area contributed by atoms with E-state index in [1.165, 1.54) is 24.6 Å². The molecule has 0 radical (unpaired) electrons. The Balaban J connectivity index is 1.34. The third-order valence-electron chi connectivity index (χ3n) is 8.38. The fraction of sp³-hybridized carbons (Fsp3) is 0.556. The smallest absolute Gasteiger partial charge is 0.309 e. The molecule has 1 saturated heterocycles. The van der Waals surface area contributed by atoms with E-state index in [9.17, 15) is 9.18 Å². The van der Waals surface area contributed by atoms with E-state index >= 15 is 0 Å². The number of nitrogens with zero attached hydrogens (tertiary/aromatic N) is 1. The SMILES string of the molecule is CO/N=C/C[C@H]1C[C@H]2C(=O)O[C@H](C)[C@H]2[C@H]2C(CC3=CC=C(c4cccc(F)c4)CN3)CC[C@H]12. The van der Waals surface area contributed by atoms with Crippen molar-refractivity contribution in [2.45, 2.75) is 45.1 Å². The maximum atomic E-state index is 13.6. The molecule has 4 aliphatic rings. The summed E-state index contributed by atoms with van der Waals surface area (Å²) >= 11 is 0. The molecule has 0 spiro atoms. The van der Waals surface area contributed by atoms with Gasteiger partial charge in [0, 0.05) is 24.4 Å². The van der Waals surface area contributed by atoms with E-state index < -0.39 is 0 Å². The molecule has 3 fully saturated rings. The number of oxime groups is 1. The predicted molar refractivity (Wildman–Crippen MR) is 126 cm³/mol. The van der Waals surface area contributed by atoms with E-state index in [0.717, 1.165) is 30.4 Å². The van der Waals surface area contributed by atoms with Gasteiger partial charge in [-0.05, 0) is 92.0 Å². The predicted octanol–water partition coefficient (Wildman–Crippen LogP) is 4.95. The molecule has 0 aromatic heterocycles. The van der Waals surface area contributed by atoms with Crippen LogP contribution in [0.1, 0.15) is 44.6 Å². The molecule has 1 aromatic rings. The number of esters is 1. The van der Waals surface area contributed by atoms with E-state index in [1.807, 2.05) is 12.3 Å². The van der Waals surface area contributed by atoms with Gasteiger partial charge in [0.1, 0.15) is 19.0 Å². The van der Waals surface area contributed by atoms with Gasteiger partial charge in [0.2, 0.25) is 0 Å². The number of allylic oxidation sites excluding steroid dienone is 3. The average Bonchev–Trinajstić information content (AvgIpc) is 3.35. The van der Waals surface area contributed by atoms with Crippen molar-refractivity contribution in [3.8, 4) is 0 Å². The van der Waals surface area contributed by atoms with Gasteiger partial charge in [0.25, 0.3) is 0 Å². The van der Waals surface area contributed by atoms with Gasteiger partial charge in [0.15, 0.2) is 0 Å². The highest BCUT2D eigenvalue weighted by Crippen LogP contribution is 2.58. The summed E-state index contributed by atoms with van der Waals surface area (Å²) in [5.41, 5.74) is 3.25. The lowest BCUT2D eigenvalue weighted by Crippen LogP contribution is -2.42. The maximum absolute atomic E-state index is 13.6. The van der Waals surface area contributed by atoms with Crippen LogP contribution >= 0.6 is 0 Å². The van der Waals surface area contributed by atoms with Crippen molar-refractivity contribution in [2.75, 3.05) is 13.7 Å². The van der Waals surface area contributed by atoms with Gasteiger partial charge >= 0.3 is 5.97 Å². The summed E-state index contributed by atoms with van der Waals surface area (Å²) in [5, 5.41) is 7.54. The molecule has 1 unspecified atom stereocenters. The minimum Gasteiger partial charge on any atom is -0.462 e. The molecule has 2 aliphatic carbocycles. The highest BCUT2D eigenvalue weighted by Gasteiger charge is 2.57. The van der Waals surface area contributed by atoms with Crippen molar-refractivity contribution in [2.24, 2.45) is 40.7 Å². The zero-order valence-corrected chi connectivity index (χ0v) is 19.4. The lowest BCUT2D eigenvalue weighted by molar-refractivity contribution is -0.144. The molecule has 2 aliphatic heterocycles. The number of fused-ring (bicyclic) bond motifs is 3. The quantitative estimate of drug-likeness (QED) is 0.377. The molecular formula is C27H33FN2O3. The van der Waals surface area contributed by atoms with Crippen LogP contribution in [0.15, 0.2) is 47.3 Å². The molecule has 0 amide bonds. The zero-order valence-electron chi connectivity index (χ0n) is 19.4. The van der Waals surface area contributed by atoms with E-state index in [4.69, 9.17) is 9.57 Å². The number of cyclic esters (lactones) is 1. The van der Waals surface area contributed by atoms with Crippen LogP contribution < -0.4 is 5.32 Å². The van der Waals surface area contributed by atoms with Crippen LogP contribution in [0.4, 0.5) is 4.39 Å². The van der Waals surface area contributed by atoms with Crippen molar-refractivity contribution in [3.05, 3.63) is 53.5 Å². The van der Waals surface area contributed by atoms with Gasteiger partial charge in [0.05, 0.1) is 5.92 Å². The van der Waals surface area contributed by atoms with Crippen molar-refractivity contribution >= 4 is 17.8 Å². The maximum Gasteiger partial charge on any atom is 0.309 e. The number of hydrogen-bond acceptors (Lipinski definition) is 5. The Labute approximate surface area is 195 Å². The monoisotopic (exact) mass is 452 g/mol. The Kier molecular flexibility index (Phi) is 6.26. The Bertz CT molecular complexity index is 987. The van der Waals surface area contributed by atoms with Gasteiger partial charge in [-0.2, -0.15) is 0 Å². The second kappa shape index (κ2) is 9.32. The summed E-state index contributed by atoms with van der Waals surface area (Å²) in [6, 6.07) is 6.76. The Morgan fingerprint density at radius 3 is 2.88 bits per heavy atom. The van der Waals surface area contributed by atoms with Crippen molar-refractivity contribution in [1.29, 1.82) is 0 Å². The molecule has 2 saturated carbocycles. The molecule has 5 rings (SSSR count). The minimum absolute atomic E-state index is 0.00281. The minimum atomic E-state index is -0.209. The molecule has 33 heavy (non-hydrogen) atoms. The van der Waals surface area contributed by atoms with E-state index in [0.29, 0.717) is 36.1 Å². The zero-order chi connectivity index (χ0) is 22.9. The number of benzene rings is 1. The molecule has 0 bridgehead atoms. The first-order valence-electron chi connectivity index (χ1n) is 12.2. The van der Waals surface area contributed by atoms with Gasteiger partial charge < -0.3 is 14.9 Å². The number of rotatable bonds is 6. The van der Waals surface area contributed by atoms with Gasteiger partial charge in [-0.3, -0.25) is 4.79 Å². The molecule has 7 atom stereocenters. The van der Waals surface area contributed by atoms with Gasteiger partial charge in [-0.1, -0.05) is 23.4 Å². The van der Waals surface area contributed by atoms with Crippen LogP contribution in [0.2, 0.25) is 0 Å². The molecule has 6 heteroatoms. The first-order chi connectivity index (χ1) is 16.0. The van der Waals surface area contributed by atoms with E-state index in [2.05, 4.69) is 29.5 Å². The lowest BCUT2D eigenvalue weighted by Gasteiger charge is -2.43. The fourth-order valence-electron chi connectivity index (χ4n) is 7.06. The highest BCUT2D eigenvalue weighted by molar-refractivity contribution is 5.75. The third-order valence-corrected chi connectivity index (χ3v) is 8.38. The standard InChI is InChI=1S/C27H33FN2O3/c1-16-25-24(27(31)33-16)14-18(10-11-30-32-2)23-9-7-19(26(23)25)13-22-8-6-20(15-29-22)17-4-3-5-21(28)12-17/h3-6,8,11-12,16,18-19,23-26,29H,7,9-10,13-15H2,1-2H3/b30-11+/t16-,18+,19?,23-,24-,25-,26+/m1/s1. The molecule has 2 heterocycles. The second-order valence-corrected chi connectivity index (χ2v) is 10.1. The first-order valence-corrected chi connectivity index (χ1v) is 12.2. The molecule has 176 valence electrons. The highest BCUT2D eigenvalue weighted by atomic mass is 19.1. The van der Waals surface area contributed by atoms with Gasteiger partial charge in [-0.15, -0.1) is 0 Å². The van der Waals surface area contributed by atoms with Crippen LogP contribution in [0.5, 0.6) is 0 Å². The summed E-state index contributed by atoms with van der Waals surface area (Å²) in [5.74, 6) is 2.17. The average molecular weight is 453 g/mol. The molecular weight excluding hydrogens is 419 g/mol. The number of dihydropyridines is 1. The van der Waals surface area contributed by atoms with Crippen molar-refractivity contribution in [3.63, 3.8) is 0 Å². The number of carbonyl (C=O) groups is 1. The normalized spacial score (nSPS) is 35.4. The third kappa shape index (κ3) is 4.32. The van der Waals surface area contributed by atoms with Crippen LogP contribution in [0.3, 0.4) is 0 Å². The van der Waals surface area contributed by atoms with Crippen molar-refractivity contribution < 1.29 is 18.8 Å². The second-order valence-electron chi connectivity index (χ2n) is 10.1. The Morgan fingerprint density at radius 2 is 2.12 bits per heavy atom. The number of nitrogens with one attached hydrogen (secondary N) is 1. The number of carbonyl (C=O) groups excluding carboxylic acids is 1. The summed E-state index contributed by atoms with van der Waals surface area (Å²) in [6.07, 6.45) is 11.2. The summed E-state index contributed by atoms with van der Waals surface area (Å²) in [4.78, 5) is 17.5. The van der Waals surface area contributed by atoms with Crippen LogP contribution in [-0.4, -0.2) is 31.9 Å². The number of hydrogen-bond donors (Lipinski definition) is 1. The largest absolute Gasteiger partial charge is 0.462 e. The number of halogens is 1. The summed E-state index contributed by atoms with van der Waals surface area (Å²) in [7, 11) is 1.57. The first kappa shape index (κ1) is 22.2.